The molecule has 1 amide bonds. The lowest BCUT2D eigenvalue weighted by atomic mass is 10.1. The largest absolute Gasteiger partial charge is 0.378 e. The molecule has 22 heavy (non-hydrogen) atoms. The number of anilines is 1. The lowest BCUT2D eigenvalue weighted by Gasteiger charge is -2.12. The minimum absolute atomic E-state index is 0.476. The summed E-state index contributed by atoms with van der Waals surface area (Å²) in [5, 5.41) is 20.7. The van der Waals surface area contributed by atoms with Gasteiger partial charge in [0.05, 0.1) is 18.1 Å². The third-order valence-corrected chi connectivity index (χ3v) is 3.15. The van der Waals surface area contributed by atoms with Crippen molar-refractivity contribution in [3.05, 3.63) is 72.6 Å². The smallest absolute Gasteiger partial charge is 0.257 e. The van der Waals surface area contributed by atoms with Crippen LogP contribution in [0.3, 0.4) is 0 Å². The molecule has 110 valence electrons. The van der Waals surface area contributed by atoms with Gasteiger partial charge in [-0.2, -0.15) is 15.0 Å². The molecule has 0 aliphatic heterocycles. The van der Waals surface area contributed by atoms with Gasteiger partial charge in [-0.3, -0.25) is 4.79 Å². The van der Waals surface area contributed by atoms with Crippen molar-refractivity contribution >= 4 is 11.6 Å². The minimum atomic E-state index is -1.20. The number of aromatic nitrogens is 3. The van der Waals surface area contributed by atoms with Crippen LogP contribution in [0.15, 0.2) is 67.0 Å². The second-order valence-corrected chi connectivity index (χ2v) is 4.67. The summed E-state index contributed by atoms with van der Waals surface area (Å²) in [6.45, 7) is 0. The molecule has 2 N–H and O–H groups in total. The summed E-state index contributed by atoms with van der Waals surface area (Å²) in [6, 6.07) is 15.8. The fraction of sp³-hybridized carbons (Fsp3) is 0.0625. The van der Waals surface area contributed by atoms with E-state index in [0.717, 1.165) is 5.69 Å². The Morgan fingerprint density at radius 3 is 2.27 bits per heavy atom. The monoisotopic (exact) mass is 294 g/mol. The van der Waals surface area contributed by atoms with E-state index in [1.54, 1.807) is 60.9 Å². The summed E-state index contributed by atoms with van der Waals surface area (Å²) in [7, 11) is 0. The maximum absolute atomic E-state index is 12.0. The number of carbonyl (C=O) groups is 1. The lowest BCUT2D eigenvalue weighted by molar-refractivity contribution is -0.124. The van der Waals surface area contributed by atoms with Gasteiger partial charge >= 0.3 is 0 Å². The van der Waals surface area contributed by atoms with E-state index < -0.39 is 12.0 Å². The van der Waals surface area contributed by atoms with Gasteiger partial charge in [-0.1, -0.05) is 30.3 Å². The molecule has 0 bridgehead atoms. The van der Waals surface area contributed by atoms with Gasteiger partial charge in [0.1, 0.15) is 0 Å². The van der Waals surface area contributed by atoms with Crippen LogP contribution in [0.1, 0.15) is 11.7 Å². The highest BCUT2D eigenvalue weighted by atomic mass is 16.3. The van der Waals surface area contributed by atoms with Crippen LogP contribution in [-0.4, -0.2) is 26.0 Å². The van der Waals surface area contributed by atoms with Gasteiger partial charge in [-0.25, -0.2) is 0 Å². The average Bonchev–Trinajstić information content (AvgIpc) is 3.10. The summed E-state index contributed by atoms with van der Waals surface area (Å²) in [4.78, 5) is 13.5. The van der Waals surface area contributed by atoms with Crippen molar-refractivity contribution in [2.24, 2.45) is 0 Å². The Hall–Kier alpha value is -2.99. The van der Waals surface area contributed by atoms with Crippen LogP contribution in [0.2, 0.25) is 0 Å². The Labute approximate surface area is 127 Å². The van der Waals surface area contributed by atoms with Gasteiger partial charge in [0.25, 0.3) is 5.91 Å². The van der Waals surface area contributed by atoms with Crippen LogP contribution in [-0.2, 0) is 4.79 Å². The zero-order valence-electron chi connectivity index (χ0n) is 11.6. The second kappa shape index (κ2) is 6.19. The number of hydrogen-bond donors (Lipinski definition) is 2. The fourth-order valence-corrected chi connectivity index (χ4v) is 2.02. The molecule has 0 saturated heterocycles. The van der Waals surface area contributed by atoms with Crippen LogP contribution in [0.4, 0.5) is 5.69 Å². The van der Waals surface area contributed by atoms with Crippen molar-refractivity contribution in [1.82, 2.24) is 15.0 Å². The molecule has 0 saturated carbocycles. The minimum Gasteiger partial charge on any atom is -0.378 e. The molecule has 3 rings (SSSR count). The third kappa shape index (κ3) is 3.02. The molecule has 0 spiro atoms. The normalized spacial score (nSPS) is 11.9. The summed E-state index contributed by atoms with van der Waals surface area (Å²) >= 11 is 0. The van der Waals surface area contributed by atoms with E-state index in [2.05, 4.69) is 15.5 Å². The van der Waals surface area contributed by atoms with Gasteiger partial charge < -0.3 is 10.4 Å². The van der Waals surface area contributed by atoms with E-state index in [1.165, 1.54) is 4.80 Å². The van der Waals surface area contributed by atoms with Crippen molar-refractivity contribution in [1.29, 1.82) is 0 Å². The Balaban J connectivity index is 1.69. The zero-order chi connectivity index (χ0) is 15.4. The SMILES string of the molecule is O=C(Nc1ccc(-n2nccn2)cc1)C(O)c1ccccc1. The summed E-state index contributed by atoms with van der Waals surface area (Å²) in [5.41, 5.74) is 1.93. The molecule has 0 radical (unpaired) electrons. The van der Waals surface area contributed by atoms with Gasteiger partial charge in [0.15, 0.2) is 6.10 Å². The van der Waals surface area contributed by atoms with Crippen LogP contribution < -0.4 is 5.32 Å². The molecule has 2 aromatic carbocycles. The molecule has 0 aliphatic rings. The van der Waals surface area contributed by atoms with Gasteiger partial charge in [-0.15, -0.1) is 0 Å². The number of amides is 1. The maximum Gasteiger partial charge on any atom is 0.257 e. The first kappa shape index (κ1) is 14.0. The van der Waals surface area contributed by atoms with Gasteiger partial charge in [0, 0.05) is 5.69 Å². The molecule has 1 aromatic heterocycles. The van der Waals surface area contributed by atoms with Crippen LogP contribution in [0, 0.1) is 0 Å². The zero-order valence-corrected chi connectivity index (χ0v) is 11.6. The van der Waals surface area contributed by atoms with E-state index in [-0.39, 0.29) is 0 Å². The van der Waals surface area contributed by atoms with Crippen molar-refractivity contribution in [3.63, 3.8) is 0 Å². The predicted molar refractivity (Wildman–Crippen MR) is 81.4 cm³/mol. The van der Waals surface area contributed by atoms with Gasteiger partial charge in [0.2, 0.25) is 0 Å². The van der Waals surface area contributed by atoms with Crippen LogP contribution >= 0.6 is 0 Å². The number of hydrogen-bond acceptors (Lipinski definition) is 4. The summed E-state index contributed by atoms with van der Waals surface area (Å²) < 4.78 is 0. The number of nitrogens with zero attached hydrogens (tertiary/aromatic N) is 3. The van der Waals surface area contributed by atoms with E-state index in [0.29, 0.717) is 11.3 Å². The Morgan fingerprint density at radius 1 is 1.00 bits per heavy atom. The second-order valence-electron chi connectivity index (χ2n) is 4.67. The highest BCUT2D eigenvalue weighted by Gasteiger charge is 2.16. The quantitative estimate of drug-likeness (QED) is 0.770. The molecule has 6 nitrogen and oxygen atoms in total. The molecule has 1 atom stereocenters. The number of benzene rings is 2. The van der Waals surface area contributed by atoms with Crippen molar-refractivity contribution in [2.75, 3.05) is 5.32 Å². The number of carbonyl (C=O) groups excluding carboxylic acids is 1. The van der Waals surface area contributed by atoms with Crippen LogP contribution in [0.5, 0.6) is 0 Å². The first-order chi connectivity index (χ1) is 10.7. The molecule has 6 heteroatoms. The van der Waals surface area contributed by atoms with E-state index in [1.807, 2.05) is 6.07 Å². The van der Waals surface area contributed by atoms with E-state index >= 15 is 0 Å². The Kier molecular flexibility index (Phi) is 3.93. The standard InChI is InChI=1S/C16H14N4O2/c21-15(12-4-2-1-3-5-12)16(22)19-13-6-8-14(9-7-13)20-17-10-11-18-20/h1-11,15,21H,(H,19,22). The summed E-state index contributed by atoms with van der Waals surface area (Å²) in [5.74, 6) is -0.476. The van der Waals surface area contributed by atoms with E-state index in [9.17, 15) is 9.90 Å². The first-order valence-electron chi connectivity index (χ1n) is 6.75. The van der Waals surface area contributed by atoms with Gasteiger partial charge in [-0.05, 0) is 29.8 Å². The molecule has 0 fully saturated rings. The number of aliphatic hydroxyl groups is 1. The number of rotatable bonds is 4. The molecule has 0 aliphatic carbocycles. The molecule has 1 heterocycles. The molecular weight excluding hydrogens is 280 g/mol. The van der Waals surface area contributed by atoms with Crippen molar-refractivity contribution in [3.8, 4) is 5.69 Å². The van der Waals surface area contributed by atoms with E-state index in [4.69, 9.17) is 0 Å². The highest BCUT2D eigenvalue weighted by molar-refractivity contribution is 5.94. The topological polar surface area (TPSA) is 80.0 Å². The fourth-order valence-electron chi connectivity index (χ4n) is 2.02. The third-order valence-electron chi connectivity index (χ3n) is 3.15. The Morgan fingerprint density at radius 2 is 1.64 bits per heavy atom. The number of aliphatic hydroxyl groups excluding tert-OH is 1. The number of nitrogens with one attached hydrogen (secondary N) is 1. The average molecular weight is 294 g/mol. The maximum atomic E-state index is 12.0. The van der Waals surface area contributed by atoms with Crippen molar-refractivity contribution in [2.45, 2.75) is 6.10 Å². The highest BCUT2D eigenvalue weighted by Crippen LogP contribution is 2.16. The molecule has 3 aromatic rings. The first-order valence-corrected chi connectivity index (χ1v) is 6.75. The summed E-state index contributed by atoms with van der Waals surface area (Å²) in [6.07, 6.45) is 1.98. The van der Waals surface area contributed by atoms with Crippen LogP contribution in [0.25, 0.3) is 5.69 Å². The predicted octanol–water partition coefficient (Wildman–Crippen LogP) is 1.94. The molecule has 1 unspecified atom stereocenters. The van der Waals surface area contributed by atoms with Crippen molar-refractivity contribution < 1.29 is 9.90 Å². The lowest BCUT2D eigenvalue weighted by Crippen LogP contribution is -2.20. The Bertz CT molecular complexity index is 740. The molecular formula is C16H14N4O2.